The van der Waals surface area contributed by atoms with Crippen LogP contribution in [0, 0.1) is 6.92 Å². The smallest absolute Gasteiger partial charge is 0.269 e. The second-order valence-corrected chi connectivity index (χ2v) is 5.52. The molecule has 0 spiro atoms. The standard InChI is InChI=1S/C19H25N3O/c1-4-22(5-2)18(16-11-7-6-8-12-16)14-20-19(23)17-13-9-10-15(3)21-17/h6-13,18H,4-5,14H2,1-3H3,(H,20,23). The Morgan fingerprint density at radius 3 is 2.39 bits per heavy atom. The normalized spacial score (nSPS) is 12.2. The Morgan fingerprint density at radius 1 is 1.09 bits per heavy atom. The van der Waals surface area contributed by atoms with Crippen molar-refractivity contribution < 1.29 is 4.79 Å². The summed E-state index contributed by atoms with van der Waals surface area (Å²) >= 11 is 0. The molecule has 0 saturated heterocycles. The molecular formula is C19H25N3O. The molecule has 0 aliphatic heterocycles. The molecular weight excluding hydrogens is 286 g/mol. The summed E-state index contributed by atoms with van der Waals surface area (Å²) in [6.07, 6.45) is 0. The van der Waals surface area contributed by atoms with Gasteiger partial charge < -0.3 is 5.32 Å². The van der Waals surface area contributed by atoms with Gasteiger partial charge in [0, 0.05) is 12.2 Å². The zero-order chi connectivity index (χ0) is 16.7. The predicted molar refractivity (Wildman–Crippen MR) is 93.4 cm³/mol. The number of rotatable bonds is 7. The van der Waals surface area contributed by atoms with E-state index in [1.54, 1.807) is 6.07 Å². The molecule has 122 valence electrons. The van der Waals surface area contributed by atoms with Crippen LogP contribution in [0.5, 0.6) is 0 Å². The molecule has 2 aromatic rings. The molecule has 23 heavy (non-hydrogen) atoms. The summed E-state index contributed by atoms with van der Waals surface area (Å²) in [6.45, 7) is 8.62. The quantitative estimate of drug-likeness (QED) is 0.854. The van der Waals surface area contributed by atoms with Crippen LogP contribution in [-0.4, -0.2) is 35.4 Å². The largest absolute Gasteiger partial charge is 0.349 e. The maximum Gasteiger partial charge on any atom is 0.269 e. The molecule has 4 heteroatoms. The van der Waals surface area contributed by atoms with Gasteiger partial charge in [-0.15, -0.1) is 0 Å². The lowest BCUT2D eigenvalue weighted by atomic mass is 10.0. The lowest BCUT2D eigenvalue weighted by molar-refractivity contribution is 0.0929. The number of hydrogen-bond donors (Lipinski definition) is 1. The molecule has 1 amide bonds. The number of aryl methyl sites for hydroxylation is 1. The molecule has 0 bridgehead atoms. The van der Waals surface area contributed by atoms with Gasteiger partial charge in [0.1, 0.15) is 5.69 Å². The van der Waals surface area contributed by atoms with Crippen molar-refractivity contribution in [2.45, 2.75) is 26.8 Å². The highest BCUT2D eigenvalue weighted by Gasteiger charge is 2.19. The van der Waals surface area contributed by atoms with Gasteiger partial charge in [-0.3, -0.25) is 9.69 Å². The maximum absolute atomic E-state index is 12.3. The highest BCUT2D eigenvalue weighted by atomic mass is 16.1. The van der Waals surface area contributed by atoms with E-state index in [2.05, 4.69) is 41.2 Å². The molecule has 1 unspecified atom stereocenters. The lowest BCUT2D eigenvalue weighted by Crippen LogP contribution is -2.38. The Kier molecular flexibility index (Phi) is 6.29. The molecule has 0 fully saturated rings. The third-order valence-electron chi connectivity index (χ3n) is 4.01. The average molecular weight is 311 g/mol. The summed E-state index contributed by atoms with van der Waals surface area (Å²) in [5, 5.41) is 3.03. The third-order valence-corrected chi connectivity index (χ3v) is 4.01. The van der Waals surface area contributed by atoms with Crippen LogP contribution in [-0.2, 0) is 0 Å². The number of benzene rings is 1. The number of hydrogen-bond acceptors (Lipinski definition) is 3. The summed E-state index contributed by atoms with van der Waals surface area (Å²) in [6, 6.07) is 16.0. The third kappa shape index (κ3) is 4.63. The number of carbonyl (C=O) groups is 1. The average Bonchev–Trinajstić information content (AvgIpc) is 2.59. The number of likely N-dealkylation sites (N-methyl/N-ethyl adjacent to an activating group) is 1. The zero-order valence-electron chi connectivity index (χ0n) is 14.1. The van der Waals surface area contributed by atoms with E-state index in [-0.39, 0.29) is 11.9 Å². The van der Waals surface area contributed by atoms with Crippen LogP contribution >= 0.6 is 0 Å². The SMILES string of the molecule is CCN(CC)C(CNC(=O)c1cccc(C)n1)c1ccccc1. The molecule has 0 saturated carbocycles. The highest BCUT2D eigenvalue weighted by molar-refractivity contribution is 5.92. The lowest BCUT2D eigenvalue weighted by Gasteiger charge is -2.30. The van der Waals surface area contributed by atoms with Gasteiger partial charge in [0.25, 0.3) is 5.91 Å². The molecule has 2 rings (SSSR count). The van der Waals surface area contributed by atoms with Gasteiger partial charge in [-0.1, -0.05) is 50.2 Å². The van der Waals surface area contributed by atoms with Crippen LogP contribution in [0.15, 0.2) is 48.5 Å². The molecule has 1 atom stereocenters. The van der Waals surface area contributed by atoms with E-state index in [0.717, 1.165) is 18.8 Å². The first-order valence-electron chi connectivity index (χ1n) is 8.16. The number of nitrogens with one attached hydrogen (secondary N) is 1. The Bertz CT molecular complexity index is 624. The Balaban J connectivity index is 2.10. The Hall–Kier alpha value is -2.20. The van der Waals surface area contributed by atoms with Crippen molar-refractivity contribution in [3.8, 4) is 0 Å². The van der Waals surface area contributed by atoms with E-state index in [1.165, 1.54) is 5.56 Å². The molecule has 1 aromatic carbocycles. The predicted octanol–water partition coefficient (Wildman–Crippen LogP) is 3.20. The first-order valence-corrected chi connectivity index (χ1v) is 8.16. The van der Waals surface area contributed by atoms with E-state index in [4.69, 9.17) is 0 Å². The van der Waals surface area contributed by atoms with Crippen molar-refractivity contribution in [3.63, 3.8) is 0 Å². The maximum atomic E-state index is 12.3. The summed E-state index contributed by atoms with van der Waals surface area (Å²) in [4.78, 5) is 19.0. The summed E-state index contributed by atoms with van der Waals surface area (Å²) in [5.74, 6) is -0.123. The summed E-state index contributed by atoms with van der Waals surface area (Å²) < 4.78 is 0. The van der Waals surface area contributed by atoms with E-state index >= 15 is 0 Å². The van der Waals surface area contributed by atoms with Crippen LogP contribution in [0.3, 0.4) is 0 Å². The molecule has 1 N–H and O–H groups in total. The fraction of sp³-hybridized carbons (Fsp3) is 0.368. The second kappa shape index (κ2) is 8.44. The van der Waals surface area contributed by atoms with Gasteiger partial charge in [0.15, 0.2) is 0 Å². The minimum absolute atomic E-state index is 0.123. The zero-order valence-corrected chi connectivity index (χ0v) is 14.1. The molecule has 0 aliphatic rings. The van der Waals surface area contributed by atoms with Gasteiger partial charge in [0.05, 0.1) is 6.04 Å². The molecule has 1 heterocycles. The van der Waals surface area contributed by atoms with Crippen molar-refractivity contribution in [2.75, 3.05) is 19.6 Å². The minimum Gasteiger partial charge on any atom is -0.349 e. The molecule has 4 nitrogen and oxygen atoms in total. The van der Waals surface area contributed by atoms with Crippen molar-refractivity contribution in [3.05, 3.63) is 65.5 Å². The van der Waals surface area contributed by atoms with Gasteiger partial charge in [-0.05, 0) is 37.7 Å². The number of pyridine rings is 1. The van der Waals surface area contributed by atoms with Crippen molar-refractivity contribution >= 4 is 5.91 Å². The van der Waals surface area contributed by atoms with E-state index < -0.39 is 0 Å². The fourth-order valence-corrected chi connectivity index (χ4v) is 2.75. The number of aromatic nitrogens is 1. The van der Waals surface area contributed by atoms with Crippen molar-refractivity contribution in [1.82, 2.24) is 15.2 Å². The van der Waals surface area contributed by atoms with E-state index in [1.807, 2.05) is 37.3 Å². The molecule has 0 aliphatic carbocycles. The van der Waals surface area contributed by atoms with Gasteiger partial charge in [0.2, 0.25) is 0 Å². The van der Waals surface area contributed by atoms with E-state index in [9.17, 15) is 4.79 Å². The van der Waals surface area contributed by atoms with Gasteiger partial charge in [-0.25, -0.2) is 4.98 Å². The van der Waals surface area contributed by atoms with Crippen LogP contribution < -0.4 is 5.32 Å². The first-order chi connectivity index (χ1) is 11.2. The number of carbonyl (C=O) groups excluding carboxylic acids is 1. The van der Waals surface area contributed by atoms with Crippen molar-refractivity contribution in [1.29, 1.82) is 0 Å². The van der Waals surface area contributed by atoms with Crippen LogP contribution in [0.4, 0.5) is 0 Å². The number of nitrogens with zero attached hydrogens (tertiary/aromatic N) is 2. The monoisotopic (exact) mass is 311 g/mol. The molecule has 0 radical (unpaired) electrons. The summed E-state index contributed by atoms with van der Waals surface area (Å²) in [5.41, 5.74) is 2.53. The fourth-order valence-electron chi connectivity index (χ4n) is 2.75. The van der Waals surface area contributed by atoms with Gasteiger partial charge in [-0.2, -0.15) is 0 Å². The van der Waals surface area contributed by atoms with Crippen LogP contribution in [0.25, 0.3) is 0 Å². The first kappa shape index (κ1) is 17.2. The van der Waals surface area contributed by atoms with Crippen LogP contribution in [0.1, 0.15) is 41.6 Å². The van der Waals surface area contributed by atoms with Gasteiger partial charge >= 0.3 is 0 Å². The summed E-state index contributed by atoms with van der Waals surface area (Å²) in [7, 11) is 0. The molecule has 1 aromatic heterocycles. The topological polar surface area (TPSA) is 45.2 Å². The van der Waals surface area contributed by atoms with E-state index in [0.29, 0.717) is 12.2 Å². The van der Waals surface area contributed by atoms with Crippen molar-refractivity contribution in [2.24, 2.45) is 0 Å². The second-order valence-electron chi connectivity index (χ2n) is 5.52. The number of amides is 1. The highest BCUT2D eigenvalue weighted by Crippen LogP contribution is 2.19. The Morgan fingerprint density at radius 2 is 1.78 bits per heavy atom. The minimum atomic E-state index is -0.123. The Labute approximate surface area is 138 Å². The van der Waals surface area contributed by atoms with Crippen LogP contribution in [0.2, 0.25) is 0 Å².